The summed E-state index contributed by atoms with van der Waals surface area (Å²) in [5, 5.41) is 3.85. The van der Waals surface area contributed by atoms with Gasteiger partial charge in [0.25, 0.3) is 0 Å². The summed E-state index contributed by atoms with van der Waals surface area (Å²) in [6.45, 7) is 0.508. The predicted octanol–water partition coefficient (Wildman–Crippen LogP) is 2.64. The number of thioether (sulfide) groups is 1. The number of rotatable bonds is 7. The van der Waals surface area contributed by atoms with Crippen LogP contribution in [0.5, 0.6) is 5.75 Å². The van der Waals surface area contributed by atoms with E-state index in [1.807, 2.05) is 30.5 Å². The second-order valence-electron chi connectivity index (χ2n) is 5.27. The minimum atomic E-state index is 0.0122. The topological polar surface area (TPSA) is 56.1 Å². The Morgan fingerprint density at radius 3 is 3.14 bits per heavy atom. The predicted molar refractivity (Wildman–Crippen MR) is 86.1 cm³/mol. The van der Waals surface area contributed by atoms with Gasteiger partial charge in [-0.1, -0.05) is 23.9 Å². The molecule has 0 bridgehead atoms. The Labute approximate surface area is 134 Å². The van der Waals surface area contributed by atoms with E-state index in [9.17, 15) is 4.79 Å². The number of hydrogen-bond donors (Lipinski definition) is 1. The molecule has 0 unspecified atom stereocenters. The van der Waals surface area contributed by atoms with Crippen molar-refractivity contribution in [2.45, 2.75) is 30.6 Å². The maximum atomic E-state index is 12.0. The van der Waals surface area contributed by atoms with Crippen LogP contribution in [0.1, 0.15) is 24.4 Å². The van der Waals surface area contributed by atoms with E-state index >= 15 is 0 Å². The molecule has 1 heterocycles. The fraction of sp³-hybridized carbons (Fsp3) is 0.375. The molecule has 1 amide bonds. The first-order chi connectivity index (χ1) is 10.8. The van der Waals surface area contributed by atoms with Crippen molar-refractivity contribution in [2.75, 3.05) is 12.9 Å². The van der Waals surface area contributed by atoms with E-state index in [1.165, 1.54) is 24.6 Å². The molecule has 0 spiro atoms. The third-order valence-corrected chi connectivity index (χ3v) is 4.51. The molecule has 1 aromatic heterocycles. The highest BCUT2D eigenvalue weighted by Crippen LogP contribution is 2.37. The van der Waals surface area contributed by atoms with Gasteiger partial charge in [0.15, 0.2) is 5.16 Å². The van der Waals surface area contributed by atoms with E-state index in [2.05, 4.69) is 14.9 Å². The third kappa shape index (κ3) is 3.82. The molecule has 22 heavy (non-hydrogen) atoms. The maximum absolute atomic E-state index is 12.0. The largest absolute Gasteiger partial charge is 0.497 e. The van der Waals surface area contributed by atoms with Gasteiger partial charge in [-0.25, -0.2) is 4.98 Å². The van der Waals surface area contributed by atoms with E-state index < -0.39 is 0 Å². The van der Waals surface area contributed by atoms with Crippen LogP contribution in [0.2, 0.25) is 0 Å². The fourth-order valence-corrected chi connectivity index (χ4v) is 3.06. The standard InChI is InChI=1S/C16H19N3O2S/c1-21-14-4-2-3-12(9-14)10-18-15(20)11-22-16-17-7-8-19(16)13-5-6-13/h2-4,7-9,13H,5-6,10-11H2,1H3,(H,18,20). The summed E-state index contributed by atoms with van der Waals surface area (Å²) >= 11 is 1.49. The molecule has 0 saturated heterocycles. The number of aromatic nitrogens is 2. The molecule has 1 N–H and O–H groups in total. The second kappa shape index (κ2) is 6.87. The molecule has 1 saturated carbocycles. The molecule has 116 valence electrons. The molecule has 3 rings (SSSR count). The van der Waals surface area contributed by atoms with Crippen molar-refractivity contribution < 1.29 is 9.53 Å². The number of methoxy groups -OCH3 is 1. The van der Waals surface area contributed by atoms with Crippen molar-refractivity contribution in [2.24, 2.45) is 0 Å². The van der Waals surface area contributed by atoms with Crippen LogP contribution in [-0.4, -0.2) is 28.3 Å². The van der Waals surface area contributed by atoms with Gasteiger partial charge in [0, 0.05) is 25.0 Å². The highest BCUT2D eigenvalue weighted by atomic mass is 32.2. The van der Waals surface area contributed by atoms with Crippen molar-refractivity contribution in [3.8, 4) is 5.75 Å². The van der Waals surface area contributed by atoms with Crippen molar-refractivity contribution in [1.82, 2.24) is 14.9 Å². The minimum absolute atomic E-state index is 0.0122. The molecule has 1 fully saturated rings. The monoisotopic (exact) mass is 317 g/mol. The Kier molecular flexibility index (Phi) is 4.68. The number of imidazole rings is 1. The van der Waals surface area contributed by atoms with Gasteiger partial charge < -0.3 is 14.6 Å². The van der Waals surface area contributed by atoms with E-state index in [1.54, 1.807) is 13.3 Å². The lowest BCUT2D eigenvalue weighted by Crippen LogP contribution is -2.24. The molecular formula is C16H19N3O2S. The molecular weight excluding hydrogens is 298 g/mol. The average Bonchev–Trinajstić information content (AvgIpc) is 3.29. The Hall–Kier alpha value is -1.95. The first-order valence-electron chi connectivity index (χ1n) is 7.31. The molecule has 5 nitrogen and oxygen atoms in total. The summed E-state index contributed by atoms with van der Waals surface area (Å²) in [4.78, 5) is 16.3. The lowest BCUT2D eigenvalue weighted by atomic mass is 10.2. The third-order valence-electron chi connectivity index (χ3n) is 3.53. The number of ether oxygens (including phenoxy) is 1. The Morgan fingerprint density at radius 2 is 2.36 bits per heavy atom. The number of carbonyl (C=O) groups is 1. The zero-order valence-electron chi connectivity index (χ0n) is 12.5. The number of nitrogens with one attached hydrogen (secondary N) is 1. The Morgan fingerprint density at radius 1 is 1.50 bits per heavy atom. The molecule has 1 aliphatic carbocycles. The lowest BCUT2D eigenvalue weighted by molar-refractivity contribution is -0.118. The van der Waals surface area contributed by atoms with Gasteiger partial charge >= 0.3 is 0 Å². The molecule has 6 heteroatoms. The van der Waals surface area contributed by atoms with Crippen LogP contribution in [0.25, 0.3) is 0 Å². The summed E-state index contributed by atoms with van der Waals surface area (Å²) in [7, 11) is 1.64. The van der Waals surface area contributed by atoms with Crippen LogP contribution in [0.4, 0.5) is 0 Å². The van der Waals surface area contributed by atoms with Crippen LogP contribution >= 0.6 is 11.8 Å². The summed E-state index contributed by atoms with van der Waals surface area (Å²) in [5.41, 5.74) is 1.03. The zero-order valence-corrected chi connectivity index (χ0v) is 13.3. The van der Waals surface area contributed by atoms with Gasteiger partial charge in [-0.15, -0.1) is 0 Å². The molecule has 1 aromatic carbocycles. The SMILES string of the molecule is COc1cccc(CNC(=O)CSc2nccn2C2CC2)c1. The van der Waals surface area contributed by atoms with Gasteiger partial charge in [0.05, 0.1) is 12.9 Å². The van der Waals surface area contributed by atoms with Gasteiger partial charge in [0.2, 0.25) is 5.91 Å². The number of hydrogen-bond acceptors (Lipinski definition) is 4. The highest BCUT2D eigenvalue weighted by Gasteiger charge is 2.25. The number of nitrogens with zero attached hydrogens (tertiary/aromatic N) is 2. The van der Waals surface area contributed by atoms with Crippen LogP contribution in [0.15, 0.2) is 41.8 Å². The van der Waals surface area contributed by atoms with Crippen molar-refractivity contribution in [3.05, 3.63) is 42.2 Å². The highest BCUT2D eigenvalue weighted by molar-refractivity contribution is 7.99. The minimum Gasteiger partial charge on any atom is -0.497 e. The normalized spacial score (nSPS) is 13.9. The van der Waals surface area contributed by atoms with Crippen LogP contribution < -0.4 is 10.1 Å². The van der Waals surface area contributed by atoms with Crippen LogP contribution in [0.3, 0.4) is 0 Å². The zero-order chi connectivity index (χ0) is 15.4. The summed E-state index contributed by atoms with van der Waals surface area (Å²) in [6, 6.07) is 8.29. The quantitative estimate of drug-likeness (QED) is 0.798. The number of benzene rings is 1. The van der Waals surface area contributed by atoms with E-state index in [0.717, 1.165) is 16.5 Å². The lowest BCUT2D eigenvalue weighted by Gasteiger charge is -2.08. The summed E-state index contributed by atoms with van der Waals surface area (Å²) in [5.74, 6) is 1.19. The Balaban J connectivity index is 1.47. The number of carbonyl (C=O) groups excluding carboxylic acids is 1. The maximum Gasteiger partial charge on any atom is 0.230 e. The van der Waals surface area contributed by atoms with E-state index in [4.69, 9.17) is 4.74 Å². The van der Waals surface area contributed by atoms with Crippen LogP contribution in [-0.2, 0) is 11.3 Å². The van der Waals surface area contributed by atoms with E-state index in [-0.39, 0.29) is 5.91 Å². The molecule has 2 aromatic rings. The molecule has 0 atom stereocenters. The van der Waals surface area contributed by atoms with E-state index in [0.29, 0.717) is 18.3 Å². The van der Waals surface area contributed by atoms with Gasteiger partial charge in [-0.2, -0.15) is 0 Å². The Bertz CT molecular complexity index is 652. The smallest absolute Gasteiger partial charge is 0.230 e. The fourth-order valence-electron chi connectivity index (χ4n) is 2.21. The van der Waals surface area contributed by atoms with Crippen molar-refractivity contribution in [1.29, 1.82) is 0 Å². The van der Waals surface area contributed by atoms with Crippen molar-refractivity contribution in [3.63, 3.8) is 0 Å². The summed E-state index contributed by atoms with van der Waals surface area (Å²) < 4.78 is 7.34. The van der Waals surface area contributed by atoms with Crippen molar-refractivity contribution >= 4 is 17.7 Å². The van der Waals surface area contributed by atoms with Crippen LogP contribution in [0, 0.1) is 0 Å². The first-order valence-corrected chi connectivity index (χ1v) is 8.30. The summed E-state index contributed by atoms with van der Waals surface area (Å²) in [6.07, 6.45) is 6.22. The molecule has 1 aliphatic rings. The second-order valence-corrected chi connectivity index (χ2v) is 6.21. The van der Waals surface area contributed by atoms with Gasteiger partial charge in [-0.05, 0) is 30.5 Å². The average molecular weight is 317 g/mol. The van der Waals surface area contributed by atoms with Gasteiger partial charge in [0.1, 0.15) is 5.75 Å². The van der Waals surface area contributed by atoms with Gasteiger partial charge in [-0.3, -0.25) is 4.79 Å². The first kappa shape index (κ1) is 15.0. The molecule has 0 radical (unpaired) electrons. The molecule has 0 aliphatic heterocycles. The number of amides is 1.